The van der Waals surface area contributed by atoms with Crippen molar-refractivity contribution < 1.29 is 14.1 Å². The van der Waals surface area contributed by atoms with E-state index in [2.05, 4.69) is 25.0 Å². The Bertz CT molecular complexity index is 1040. The molecule has 9 heteroatoms. The molecule has 0 aliphatic carbocycles. The first-order chi connectivity index (χ1) is 15.5. The summed E-state index contributed by atoms with van der Waals surface area (Å²) < 4.78 is 10.5. The number of aryl methyl sites for hydroxylation is 3. The van der Waals surface area contributed by atoms with Gasteiger partial charge >= 0.3 is 0 Å². The third-order valence-corrected chi connectivity index (χ3v) is 5.51. The van der Waals surface area contributed by atoms with Gasteiger partial charge in [0.25, 0.3) is 0 Å². The van der Waals surface area contributed by atoms with Crippen LogP contribution in [0.15, 0.2) is 34.9 Å². The molecule has 0 radical (unpaired) electrons. The number of rotatable bonds is 7. The number of nitrogens with zero attached hydrogens (tertiary/aromatic N) is 6. The molecule has 1 fully saturated rings. The van der Waals surface area contributed by atoms with Gasteiger partial charge < -0.3 is 19.1 Å². The fraction of sp³-hybridized carbons (Fsp3) is 0.435. The van der Waals surface area contributed by atoms with Crippen molar-refractivity contribution in [3.8, 4) is 17.1 Å². The highest BCUT2D eigenvalue weighted by Crippen LogP contribution is 2.20. The Balaban J connectivity index is 1.23. The lowest BCUT2D eigenvalue weighted by atomic mass is 10.2. The molecule has 0 unspecified atom stereocenters. The number of carbonyl (C=O) groups is 1. The van der Waals surface area contributed by atoms with Crippen LogP contribution in [0.5, 0.6) is 5.75 Å². The molecular weight excluding hydrogens is 408 g/mol. The molecule has 0 bridgehead atoms. The molecule has 3 heterocycles. The summed E-state index contributed by atoms with van der Waals surface area (Å²) in [5, 5.41) is 4.04. The number of ether oxygens (including phenoxy) is 1. The topological polar surface area (TPSA) is 97.5 Å². The van der Waals surface area contributed by atoms with E-state index in [0.717, 1.165) is 41.7 Å². The van der Waals surface area contributed by atoms with Crippen LogP contribution in [0.1, 0.15) is 30.3 Å². The Labute approximate surface area is 187 Å². The molecule has 1 saturated heterocycles. The van der Waals surface area contributed by atoms with E-state index in [1.807, 2.05) is 49.1 Å². The number of amides is 1. The largest absolute Gasteiger partial charge is 0.497 e. The highest BCUT2D eigenvalue weighted by atomic mass is 16.5. The zero-order valence-corrected chi connectivity index (χ0v) is 18.7. The smallest absolute Gasteiger partial charge is 0.226 e. The van der Waals surface area contributed by atoms with E-state index in [1.54, 1.807) is 7.11 Å². The molecule has 0 spiro atoms. The van der Waals surface area contributed by atoms with E-state index < -0.39 is 0 Å². The Kier molecular flexibility index (Phi) is 6.63. The first-order valence-corrected chi connectivity index (χ1v) is 10.8. The maximum Gasteiger partial charge on any atom is 0.226 e. The van der Waals surface area contributed by atoms with Crippen molar-refractivity contribution in [1.82, 2.24) is 25.0 Å². The summed E-state index contributed by atoms with van der Waals surface area (Å²) in [6.45, 7) is 6.82. The van der Waals surface area contributed by atoms with Gasteiger partial charge in [0.05, 0.1) is 7.11 Å². The van der Waals surface area contributed by atoms with Gasteiger partial charge in [0.2, 0.25) is 17.6 Å². The normalized spacial score (nSPS) is 14.0. The maximum absolute atomic E-state index is 12.6. The summed E-state index contributed by atoms with van der Waals surface area (Å²) in [6.07, 6.45) is 1.72. The highest BCUT2D eigenvalue weighted by molar-refractivity contribution is 5.76. The van der Waals surface area contributed by atoms with Crippen LogP contribution in [0, 0.1) is 13.8 Å². The summed E-state index contributed by atoms with van der Waals surface area (Å²) in [4.78, 5) is 30.1. The molecule has 1 aliphatic heterocycles. The second-order valence-corrected chi connectivity index (χ2v) is 7.88. The van der Waals surface area contributed by atoms with Gasteiger partial charge in [-0.05, 0) is 44.5 Å². The molecule has 2 aromatic heterocycles. The lowest BCUT2D eigenvalue weighted by Crippen LogP contribution is -2.49. The van der Waals surface area contributed by atoms with E-state index in [1.165, 1.54) is 0 Å². The molecule has 0 N–H and O–H groups in total. The summed E-state index contributed by atoms with van der Waals surface area (Å²) in [6, 6.07) is 9.49. The third kappa shape index (κ3) is 5.22. The number of piperazine rings is 1. The number of hydrogen-bond donors (Lipinski definition) is 0. The molecule has 168 valence electrons. The average molecular weight is 437 g/mol. The number of methoxy groups -OCH3 is 1. The van der Waals surface area contributed by atoms with E-state index in [-0.39, 0.29) is 5.91 Å². The number of benzene rings is 1. The second-order valence-electron chi connectivity index (χ2n) is 7.88. The average Bonchev–Trinajstić information content (AvgIpc) is 3.27. The molecule has 1 aliphatic rings. The summed E-state index contributed by atoms with van der Waals surface area (Å²) in [5.41, 5.74) is 1.83. The fourth-order valence-electron chi connectivity index (χ4n) is 3.81. The number of carbonyl (C=O) groups excluding carboxylic acids is 1. The monoisotopic (exact) mass is 436 g/mol. The molecular formula is C23H28N6O3. The van der Waals surface area contributed by atoms with Crippen molar-refractivity contribution in [2.24, 2.45) is 0 Å². The van der Waals surface area contributed by atoms with Gasteiger partial charge in [0.1, 0.15) is 17.4 Å². The molecule has 3 aromatic rings. The van der Waals surface area contributed by atoms with Gasteiger partial charge in [-0.1, -0.05) is 5.16 Å². The van der Waals surface area contributed by atoms with Crippen LogP contribution in [-0.4, -0.2) is 64.2 Å². The van der Waals surface area contributed by atoms with Gasteiger partial charge in [-0.3, -0.25) is 4.79 Å². The van der Waals surface area contributed by atoms with E-state index in [0.29, 0.717) is 44.1 Å². The van der Waals surface area contributed by atoms with Crippen molar-refractivity contribution in [3.63, 3.8) is 0 Å². The summed E-state index contributed by atoms with van der Waals surface area (Å²) >= 11 is 0. The van der Waals surface area contributed by atoms with Crippen LogP contribution in [0.2, 0.25) is 0 Å². The second kappa shape index (κ2) is 9.76. The van der Waals surface area contributed by atoms with Gasteiger partial charge in [-0.2, -0.15) is 4.98 Å². The minimum Gasteiger partial charge on any atom is -0.497 e. The predicted octanol–water partition coefficient (Wildman–Crippen LogP) is 2.82. The molecule has 1 aromatic carbocycles. The minimum atomic E-state index is 0.162. The van der Waals surface area contributed by atoms with Crippen LogP contribution < -0.4 is 9.64 Å². The molecule has 32 heavy (non-hydrogen) atoms. The maximum atomic E-state index is 12.6. The number of anilines is 1. The van der Waals surface area contributed by atoms with Crippen molar-refractivity contribution in [2.75, 3.05) is 38.2 Å². The fourth-order valence-corrected chi connectivity index (χ4v) is 3.81. The zero-order valence-electron chi connectivity index (χ0n) is 18.7. The quantitative estimate of drug-likeness (QED) is 0.558. The Morgan fingerprint density at radius 2 is 1.81 bits per heavy atom. The molecule has 0 saturated carbocycles. The zero-order chi connectivity index (χ0) is 22.5. The minimum absolute atomic E-state index is 0.162. The SMILES string of the molecule is COc1ccc(-c2noc(CCCC(=O)N3CCN(c4cc(C)nc(C)n4)CC3)n2)cc1. The van der Waals surface area contributed by atoms with Crippen molar-refractivity contribution in [1.29, 1.82) is 0 Å². The third-order valence-electron chi connectivity index (χ3n) is 5.51. The Hall–Kier alpha value is -3.49. The molecule has 0 atom stereocenters. The van der Waals surface area contributed by atoms with E-state index >= 15 is 0 Å². The summed E-state index contributed by atoms with van der Waals surface area (Å²) in [7, 11) is 1.63. The van der Waals surface area contributed by atoms with Gasteiger partial charge in [-0.15, -0.1) is 0 Å². The van der Waals surface area contributed by atoms with Crippen LogP contribution in [-0.2, 0) is 11.2 Å². The number of aromatic nitrogens is 4. The van der Waals surface area contributed by atoms with E-state index in [4.69, 9.17) is 9.26 Å². The van der Waals surface area contributed by atoms with Crippen LogP contribution >= 0.6 is 0 Å². The standard InChI is InChI=1S/C23H28N6O3/c1-16-15-20(25-17(2)24-16)28-11-13-29(14-12-28)22(30)6-4-5-21-26-23(27-32-21)18-7-9-19(31-3)10-8-18/h7-10,15H,4-6,11-14H2,1-3H3. The first kappa shape index (κ1) is 21.7. The van der Waals surface area contributed by atoms with Crippen LogP contribution in [0.3, 0.4) is 0 Å². The van der Waals surface area contributed by atoms with Crippen LogP contribution in [0.25, 0.3) is 11.4 Å². The van der Waals surface area contributed by atoms with E-state index in [9.17, 15) is 4.79 Å². The molecule has 4 rings (SSSR count). The van der Waals surface area contributed by atoms with Crippen molar-refractivity contribution in [2.45, 2.75) is 33.1 Å². The first-order valence-electron chi connectivity index (χ1n) is 10.8. The highest BCUT2D eigenvalue weighted by Gasteiger charge is 2.22. The van der Waals surface area contributed by atoms with Gasteiger partial charge in [0, 0.05) is 56.3 Å². The van der Waals surface area contributed by atoms with Gasteiger partial charge in [0.15, 0.2) is 0 Å². The molecule has 1 amide bonds. The predicted molar refractivity (Wildman–Crippen MR) is 120 cm³/mol. The Morgan fingerprint density at radius 3 is 2.50 bits per heavy atom. The van der Waals surface area contributed by atoms with Crippen LogP contribution in [0.4, 0.5) is 5.82 Å². The van der Waals surface area contributed by atoms with Crippen molar-refractivity contribution >= 4 is 11.7 Å². The lowest BCUT2D eigenvalue weighted by Gasteiger charge is -2.35. The van der Waals surface area contributed by atoms with Crippen molar-refractivity contribution in [3.05, 3.63) is 47.7 Å². The molecule has 9 nitrogen and oxygen atoms in total. The Morgan fingerprint density at radius 1 is 1.06 bits per heavy atom. The van der Waals surface area contributed by atoms with Gasteiger partial charge in [-0.25, -0.2) is 9.97 Å². The summed E-state index contributed by atoms with van der Waals surface area (Å²) in [5.74, 6) is 3.73. The lowest BCUT2D eigenvalue weighted by molar-refractivity contribution is -0.131. The number of hydrogen-bond acceptors (Lipinski definition) is 8.